The summed E-state index contributed by atoms with van der Waals surface area (Å²) in [4.78, 5) is 20.0. The molecule has 0 aliphatic carbocycles. The molecule has 8 nitrogen and oxygen atoms in total. The monoisotopic (exact) mass is 314 g/mol. The van der Waals surface area contributed by atoms with Gasteiger partial charge in [0.15, 0.2) is 5.82 Å². The zero-order chi connectivity index (χ0) is 16.2. The van der Waals surface area contributed by atoms with Gasteiger partial charge in [0, 0.05) is 36.1 Å². The van der Waals surface area contributed by atoms with Gasteiger partial charge in [0.05, 0.1) is 35.3 Å². The Hall–Kier alpha value is -2.76. The summed E-state index contributed by atoms with van der Waals surface area (Å²) in [5, 5.41) is 20.5. The number of nitro benzene ring substituents is 1. The molecule has 1 aliphatic rings. The van der Waals surface area contributed by atoms with Crippen molar-refractivity contribution in [2.45, 2.75) is 6.42 Å². The number of nitrogens with one attached hydrogen (secondary N) is 1. The Morgan fingerprint density at radius 3 is 3.09 bits per heavy atom. The molecule has 2 heterocycles. The van der Waals surface area contributed by atoms with Crippen LogP contribution in [0.1, 0.15) is 12.0 Å². The van der Waals surface area contributed by atoms with Crippen molar-refractivity contribution in [3.05, 3.63) is 39.9 Å². The first-order valence-corrected chi connectivity index (χ1v) is 7.12. The predicted octanol–water partition coefficient (Wildman–Crippen LogP) is 2.39. The van der Waals surface area contributed by atoms with E-state index in [2.05, 4.69) is 10.5 Å². The van der Waals surface area contributed by atoms with Crippen LogP contribution < -0.4 is 5.48 Å². The van der Waals surface area contributed by atoms with E-state index in [0.717, 1.165) is 13.0 Å². The second-order valence-corrected chi connectivity index (χ2v) is 5.27. The van der Waals surface area contributed by atoms with Crippen LogP contribution in [-0.4, -0.2) is 29.7 Å². The van der Waals surface area contributed by atoms with Crippen LogP contribution in [0.15, 0.2) is 24.3 Å². The molecule has 1 aromatic heterocycles. The topological polar surface area (TPSA) is 110 Å². The van der Waals surface area contributed by atoms with Gasteiger partial charge < -0.3 is 4.74 Å². The summed E-state index contributed by atoms with van der Waals surface area (Å²) in [6, 6.07) is 7.77. The van der Waals surface area contributed by atoms with Crippen molar-refractivity contribution in [3.8, 4) is 6.07 Å². The molecule has 1 aromatic carbocycles. The molecule has 1 unspecified atom stereocenters. The van der Waals surface area contributed by atoms with Crippen molar-refractivity contribution in [1.29, 1.82) is 5.26 Å². The van der Waals surface area contributed by atoms with Crippen LogP contribution >= 0.6 is 0 Å². The zero-order valence-electron chi connectivity index (χ0n) is 12.2. The van der Waals surface area contributed by atoms with Gasteiger partial charge in [-0.05, 0) is 12.5 Å². The Bertz CT molecular complexity index is 781. The molecule has 8 heteroatoms. The summed E-state index contributed by atoms with van der Waals surface area (Å²) >= 11 is 0. The first-order valence-electron chi connectivity index (χ1n) is 7.12. The molecule has 0 saturated carbocycles. The highest BCUT2D eigenvalue weighted by Gasteiger charge is 2.16. The second-order valence-electron chi connectivity index (χ2n) is 5.27. The molecular weight excluding hydrogens is 300 g/mol. The number of ether oxygens (including phenoxy) is 1. The highest BCUT2D eigenvalue weighted by Crippen LogP contribution is 2.25. The maximum absolute atomic E-state index is 10.8. The van der Waals surface area contributed by atoms with Gasteiger partial charge in [0.1, 0.15) is 0 Å². The molecule has 1 atom stereocenters. The van der Waals surface area contributed by atoms with E-state index in [1.807, 2.05) is 6.07 Å². The lowest BCUT2D eigenvalue weighted by Gasteiger charge is -2.11. The van der Waals surface area contributed by atoms with Crippen LogP contribution in [0.2, 0.25) is 0 Å². The van der Waals surface area contributed by atoms with Crippen LogP contribution in [0, 0.1) is 27.4 Å². The van der Waals surface area contributed by atoms with Gasteiger partial charge in [-0.2, -0.15) is 5.26 Å². The van der Waals surface area contributed by atoms with Crippen molar-refractivity contribution in [2.24, 2.45) is 5.92 Å². The lowest BCUT2D eigenvalue weighted by Crippen LogP contribution is -2.13. The molecule has 0 bridgehead atoms. The lowest BCUT2D eigenvalue weighted by molar-refractivity contribution is -0.384. The van der Waals surface area contributed by atoms with Gasteiger partial charge in [-0.3, -0.25) is 15.0 Å². The summed E-state index contributed by atoms with van der Waals surface area (Å²) in [7, 11) is 0. The largest absolute Gasteiger partial charge is 0.381 e. The van der Waals surface area contributed by atoms with Crippen molar-refractivity contribution >= 4 is 22.4 Å². The minimum Gasteiger partial charge on any atom is -0.381 e. The Labute approximate surface area is 131 Å². The van der Waals surface area contributed by atoms with Crippen molar-refractivity contribution in [2.75, 3.05) is 25.3 Å². The van der Waals surface area contributed by atoms with E-state index >= 15 is 0 Å². The lowest BCUT2D eigenvalue weighted by atomic mass is 10.1. The smallest absolute Gasteiger partial charge is 0.270 e. The summed E-state index contributed by atoms with van der Waals surface area (Å²) in [5.41, 5.74) is 3.44. The number of fused-ring (bicyclic) bond motifs is 1. The fourth-order valence-corrected chi connectivity index (χ4v) is 2.42. The number of nitrogens with zero attached hydrogens (tertiary/aromatic N) is 3. The number of aromatic nitrogens is 1. The zero-order valence-corrected chi connectivity index (χ0v) is 12.2. The quantitative estimate of drug-likeness (QED) is 0.666. The maximum Gasteiger partial charge on any atom is 0.270 e. The van der Waals surface area contributed by atoms with Crippen LogP contribution in [-0.2, 0) is 9.57 Å². The Morgan fingerprint density at radius 1 is 1.52 bits per heavy atom. The molecule has 1 aliphatic heterocycles. The summed E-state index contributed by atoms with van der Waals surface area (Å²) in [5.74, 6) is 0.739. The average molecular weight is 314 g/mol. The van der Waals surface area contributed by atoms with Gasteiger partial charge in [-0.1, -0.05) is 0 Å². The predicted molar refractivity (Wildman–Crippen MR) is 81.6 cm³/mol. The molecule has 2 aromatic rings. The SMILES string of the molecule is N#Cc1cc(NOCC2CCOC2)nc2ccc([N+](=O)[O-])cc12. The third kappa shape index (κ3) is 3.36. The number of nitriles is 1. The third-order valence-electron chi connectivity index (χ3n) is 3.64. The van der Waals surface area contributed by atoms with E-state index in [-0.39, 0.29) is 5.69 Å². The van der Waals surface area contributed by atoms with Gasteiger partial charge >= 0.3 is 0 Å². The fraction of sp³-hybridized carbons (Fsp3) is 0.333. The molecule has 3 rings (SSSR count). The fourth-order valence-electron chi connectivity index (χ4n) is 2.42. The second kappa shape index (κ2) is 6.56. The van der Waals surface area contributed by atoms with Gasteiger partial charge in [-0.15, -0.1) is 0 Å². The number of benzene rings is 1. The molecule has 1 fully saturated rings. The first kappa shape index (κ1) is 15.1. The van der Waals surface area contributed by atoms with Crippen LogP contribution in [0.3, 0.4) is 0 Å². The number of pyridine rings is 1. The van der Waals surface area contributed by atoms with Crippen LogP contribution in [0.25, 0.3) is 10.9 Å². The molecular formula is C15H14N4O4. The molecule has 0 amide bonds. The first-order chi connectivity index (χ1) is 11.2. The van der Waals surface area contributed by atoms with Crippen molar-refractivity contribution < 1.29 is 14.5 Å². The minimum atomic E-state index is -0.500. The molecule has 1 N–H and O–H groups in total. The Kier molecular flexibility index (Phi) is 4.32. The van der Waals surface area contributed by atoms with E-state index in [4.69, 9.17) is 9.57 Å². The maximum atomic E-state index is 10.8. The van der Waals surface area contributed by atoms with E-state index in [9.17, 15) is 15.4 Å². The normalized spacial score (nSPS) is 17.1. The molecule has 0 radical (unpaired) electrons. The summed E-state index contributed by atoms with van der Waals surface area (Å²) < 4.78 is 5.26. The molecule has 118 valence electrons. The number of nitro groups is 1. The molecule has 23 heavy (non-hydrogen) atoms. The summed E-state index contributed by atoms with van der Waals surface area (Å²) in [6.07, 6.45) is 0.958. The van der Waals surface area contributed by atoms with Crippen LogP contribution in [0.5, 0.6) is 0 Å². The Morgan fingerprint density at radius 2 is 2.39 bits per heavy atom. The standard InChI is InChI=1S/C15H14N4O4/c16-7-11-5-15(18-23-9-10-3-4-22-8-10)17-14-2-1-12(19(20)21)6-13(11)14/h1-2,5-6,10H,3-4,8-9H2,(H,17,18). The highest BCUT2D eigenvalue weighted by atomic mass is 16.6. The number of rotatable bonds is 5. The van der Waals surface area contributed by atoms with Gasteiger partial charge in [0.25, 0.3) is 5.69 Å². The van der Waals surface area contributed by atoms with Crippen LogP contribution in [0.4, 0.5) is 11.5 Å². The average Bonchev–Trinajstić information content (AvgIpc) is 3.07. The van der Waals surface area contributed by atoms with E-state index < -0.39 is 4.92 Å². The van der Waals surface area contributed by atoms with Crippen molar-refractivity contribution in [1.82, 2.24) is 4.98 Å². The number of hydrogen-bond donors (Lipinski definition) is 1. The molecule has 1 saturated heterocycles. The van der Waals surface area contributed by atoms with E-state index in [0.29, 0.717) is 41.4 Å². The summed E-state index contributed by atoms with van der Waals surface area (Å²) in [6.45, 7) is 1.92. The highest BCUT2D eigenvalue weighted by molar-refractivity contribution is 5.88. The third-order valence-corrected chi connectivity index (χ3v) is 3.64. The van der Waals surface area contributed by atoms with E-state index in [1.165, 1.54) is 24.3 Å². The van der Waals surface area contributed by atoms with Crippen molar-refractivity contribution in [3.63, 3.8) is 0 Å². The van der Waals surface area contributed by atoms with Gasteiger partial charge in [0.2, 0.25) is 0 Å². The minimum absolute atomic E-state index is 0.0750. The number of non-ortho nitro benzene ring substituents is 1. The van der Waals surface area contributed by atoms with Gasteiger partial charge in [-0.25, -0.2) is 10.5 Å². The molecule has 0 spiro atoms. The number of hydrogen-bond acceptors (Lipinski definition) is 7. The van der Waals surface area contributed by atoms with E-state index in [1.54, 1.807) is 0 Å². The number of anilines is 1. The Balaban J connectivity index is 1.80.